The van der Waals surface area contributed by atoms with Gasteiger partial charge < -0.3 is 11.1 Å². The van der Waals surface area contributed by atoms with E-state index in [4.69, 9.17) is 5.73 Å². The second-order valence-corrected chi connectivity index (χ2v) is 4.92. The standard InChI is InChI=1S/C14H16N4O/c1-9-2-3-10(14(19)17-11-4-5-11)8-12(9)18-13(15)6-7-16-18/h2-3,6-8,11H,4-5,15H2,1H3,(H,17,19). The molecule has 0 spiro atoms. The highest BCUT2D eigenvalue weighted by Gasteiger charge is 2.24. The topological polar surface area (TPSA) is 72.9 Å². The van der Waals surface area contributed by atoms with Gasteiger partial charge in [-0.25, -0.2) is 4.68 Å². The van der Waals surface area contributed by atoms with Crippen molar-refractivity contribution in [3.05, 3.63) is 41.6 Å². The lowest BCUT2D eigenvalue weighted by atomic mass is 10.1. The molecule has 1 amide bonds. The van der Waals surface area contributed by atoms with Crippen LogP contribution in [0.2, 0.25) is 0 Å². The Morgan fingerprint density at radius 2 is 2.21 bits per heavy atom. The lowest BCUT2D eigenvalue weighted by molar-refractivity contribution is 0.0951. The van der Waals surface area contributed by atoms with E-state index < -0.39 is 0 Å². The summed E-state index contributed by atoms with van der Waals surface area (Å²) in [5.74, 6) is 0.525. The summed E-state index contributed by atoms with van der Waals surface area (Å²) in [6, 6.07) is 7.66. The Balaban J connectivity index is 1.95. The van der Waals surface area contributed by atoms with Crippen LogP contribution in [0.4, 0.5) is 5.82 Å². The lowest BCUT2D eigenvalue weighted by Gasteiger charge is -2.10. The van der Waals surface area contributed by atoms with E-state index in [0.717, 1.165) is 24.1 Å². The van der Waals surface area contributed by atoms with Crippen molar-refractivity contribution in [1.29, 1.82) is 0 Å². The van der Waals surface area contributed by atoms with Gasteiger partial charge in [0.05, 0.1) is 11.9 Å². The van der Waals surface area contributed by atoms with Crippen molar-refractivity contribution in [2.75, 3.05) is 5.73 Å². The fourth-order valence-corrected chi connectivity index (χ4v) is 1.99. The van der Waals surface area contributed by atoms with Crippen LogP contribution in [0.25, 0.3) is 5.69 Å². The van der Waals surface area contributed by atoms with Gasteiger partial charge in [0.15, 0.2) is 0 Å². The molecule has 0 radical (unpaired) electrons. The number of aromatic nitrogens is 2. The van der Waals surface area contributed by atoms with Crippen LogP contribution in [0.3, 0.4) is 0 Å². The molecule has 0 bridgehead atoms. The predicted molar refractivity (Wildman–Crippen MR) is 73.2 cm³/mol. The summed E-state index contributed by atoms with van der Waals surface area (Å²) in [7, 11) is 0. The van der Waals surface area contributed by atoms with Gasteiger partial charge in [-0.15, -0.1) is 0 Å². The van der Waals surface area contributed by atoms with Gasteiger partial charge in [-0.3, -0.25) is 4.79 Å². The van der Waals surface area contributed by atoms with Crippen molar-refractivity contribution in [2.45, 2.75) is 25.8 Å². The second kappa shape index (κ2) is 4.42. The first-order valence-electron chi connectivity index (χ1n) is 6.36. The average Bonchev–Trinajstić information content (AvgIpc) is 3.10. The minimum absolute atomic E-state index is 0.0329. The maximum atomic E-state index is 12.0. The third-order valence-corrected chi connectivity index (χ3v) is 3.28. The van der Waals surface area contributed by atoms with Crippen LogP contribution in [-0.2, 0) is 0 Å². The summed E-state index contributed by atoms with van der Waals surface area (Å²) in [6.45, 7) is 1.97. The Bertz CT molecular complexity index is 628. The molecule has 1 aliphatic rings. The summed E-state index contributed by atoms with van der Waals surface area (Å²) in [5, 5.41) is 7.16. The molecule has 0 aliphatic heterocycles. The first-order chi connectivity index (χ1) is 9.15. The van der Waals surface area contributed by atoms with Crippen LogP contribution >= 0.6 is 0 Å². The Morgan fingerprint density at radius 1 is 1.42 bits per heavy atom. The van der Waals surface area contributed by atoms with E-state index in [-0.39, 0.29) is 5.91 Å². The number of carbonyl (C=O) groups is 1. The second-order valence-electron chi connectivity index (χ2n) is 4.92. The molecule has 0 unspecified atom stereocenters. The number of benzene rings is 1. The van der Waals surface area contributed by atoms with Crippen molar-refractivity contribution < 1.29 is 4.79 Å². The van der Waals surface area contributed by atoms with Gasteiger partial charge in [0.25, 0.3) is 5.91 Å². The molecular weight excluding hydrogens is 240 g/mol. The first kappa shape index (κ1) is 11.8. The van der Waals surface area contributed by atoms with E-state index >= 15 is 0 Å². The molecule has 1 aromatic carbocycles. The van der Waals surface area contributed by atoms with Gasteiger partial charge in [0.2, 0.25) is 0 Å². The lowest BCUT2D eigenvalue weighted by Crippen LogP contribution is -2.25. The highest BCUT2D eigenvalue weighted by Crippen LogP contribution is 2.21. The predicted octanol–water partition coefficient (Wildman–Crippen LogP) is 1.66. The molecule has 0 atom stereocenters. The van der Waals surface area contributed by atoms with Crippen LogP contribution < -0.4 is 11.1 Å². The number of nitrogens with one attached hydrogen (secondary N) is 1. The number of nitrogens with two attached hydrogens (primary N) is 1. The molecule has 1 heterocycles. The quantitative estimate of drug-likeness (QED) is 0.877. The third-order valence-electron chi connectivity index (χ3n) is 3.28. The maximum absolute atomic E-state index is 12.0. The summed E-state index contributed by atoms with van der Waals surface area (Å²) < 4.78 is 1.64. The molecule has 5 nitrogen and oxygen atoms in total. The zero-order chi connectivity index (χ0) is 13.4. The molecule has 19 heavy (non-hydrogen) atoms. The smallest absolute Gasteiger partial charge is 0.251 e. The zero-order valence-electron chi connectivity index (χ0n) is 10.8. The molecule has 1 saturated carbocycles. The molecule has 1 aliphatic carbocycles. The largest absolute Gasteiger partial charge is 0.384 e. The van der Waals surface area contributed by atoms with E-state index in [1.165, 1.54) is 0 Å². The van der Waals surface area contributed by atoms with Gasteiger partial charge in [-0.1, -0.05) is 6.07 Å². The van der Waals surface area contributed by atoms with Gasteiger partial charge in [0, 0.05) is 17.7 Å². The Morgan fingerprint density at radius 3 is 2.84 bits per heavy atom. The maximum Gasteiger partial charge on any atom is 0.251 e. The van der Waals surface area contributed by atoms with E-state index in [9.17, 15) is 4.79 Å². The van der Waals surface area contributed by atoms with Crippen molar-refractivity contribution in [3.8, 4) is 5.69 Å². The highest BCUT2D eigenvalue weighted by molar-refractivity contribution is 5.95. The molecule has 3 N–H and O–H groups in total. The molecule has 98 valence electrons. The number of nitrogens with zero attached hydrogens (tertiary/aromatic N) is 2. The zero-order valence-corrected chi connectivity index (χ0v) is 10.8. The molecule has 1 aromatic heterocycles. The van der Waals surface area contributed by atoms with Crippen LogP contribution in [-0.4, -0.2) is 21.7 Å². The average molecular weight is 256 g/mol. The van der Waals surface area contributed by atoms with Gasteiger partial charge in [-0.05, 0) is 37.5 Å². The Kier molecular flexibility index (Phi) is 2.74. The number of rotatable bonds is 3. The summed E-state index contributed by atoms with van der Waals surface area (Å²) in [4.78, 5) is 12.0. The number of aryl methyl sites for hydroxylation is 1. The molecule has 1 fully saturated rings. The minimum Gasteiger partial charge on any atom is -0.384 e. The summed E-state index contributed by atoms with van der Waals surface area (Å²) in [6.07, 6.45) is 3.80. The monoisotopic (exact) mass is 256 g/mol. The van der Waals surface area contributed by atoms with Crippen LogP contribution in [0.1, 0.15) is 28.8 Å². The van der Waals surface area contributed by atoms with E-state index in [1.54, 1.807) is 16.9 Å². The number of anilines is 1. The fourth-order valence-electron chi connectivity index (χ4n) is 1.99. The number of hydrogen-bond donors (Lipinski definition) is 2. The Labute approximate surface area is 111 Å². The Hall–Kier alpha value is -2.30. The highest BCUT2D eigenvalue weighted by atomic mass is 16.1. The number of nitrogen functional groups attached to an aromatic ring is 1. The van der Waals surface area contributed by atoms with Crippen molar-refractivity contribution in [3.63, 3.8) is 0 Å². The molecule has 0 saturated heterocycles. The van der Waals surface area contributed by atoms with Crippen molar-refractivity contribution in [2.24, 2.45) is 0 Å². The van der Waals surface area contributed by atoms with Crippen molar-refractivity contribution in [1.82, 2.24) is 15.1 Å². The minimum atomic E-state index is -0.0329. The molecule has 2 aromatic rings. The van der Waals surface area contributed by atoms with Gasteiger partial charge >= 0.3 is 0 Å². The third kappa shape index (κ3) is 2.31. The van der Waals surface area contributed by atoms with E-state index in [0.29, 0.717) is 17.4 Å². The van der Waals surface area contributed by atoms with Gasteiger partial charge in [0.1, 0.15) is 5.82 Å². The van der Waals surface area contributed by atoms with Crippen LogP contribution in [0.5, 0.6) is 0 Å². The van der Waals surface area contributed by atoms with Crippen LogP contribution in [0.15, 0.2) is 30.5 Å². The fraction of sp³-hybridized carbons (Fsp3) is 0.286. The molecular formula is C14H16N4O. The van der Waals surface area contributed by atoms with Crippen molar-refractivity contribution >= 4 is 11.7 Å². The molecule has 5 heteroatoms. The summed E-state index contributed by atoms with van der Waals surface area (Å²) in [5.41, 5.74) is 8.36. The number of hydrogen-bond acceptors (Lipinski definition) is 3. The number of amides is 1. The van der Waals surface area contributed by atoms with E-state index in [1.807, 2.05) is 25.1 Å². The molecule has 3 rings (SSSR count). The SMILES string of the molecule is Cc1ccc(C(=O)NC2CC2)cc1-n1nccc1N. The van der Waals surface area contributed by atoms with E-state index in [2.05, 4.69) is 10.4 Å². The van der Waals surface area contributed by atoms with Crippen LogP contribution in [0, 0.1) is 6.92 Å². The normalized spacial score (nSPS) is 14.4. The van der Waals surface area contributed by atoms with Gasteiger partial charge in [-0.2, -0.15) is 5.10 Å². The number of carbonyl (C=O) groups excluding carboxylic acids is 1. The summed E-state index contributed by atoms with van der Waals surface area (Å²) >= 11 is 0. The first-order valence-corrected chi connectivity index (χ1v) is 6.36.